The number of aromatic nitrogens is 2. The van der Waals surface area contributed by atoms with Crippen LogP contribution in [0.5, 0.6) is 0 Å². The molecular weight excluding hydrogens is 364 g/mol. The maximum atomic E-state index is 12.1. The van der Waals surface area contributed by atoms with Crippen molar-refractivity contribution >= 4 is 17.6 Å². The lowest BCUT2D eigenvalue weighted by Crippen LogP contribution is -2.34. The molecule has 0 radical (unpaired) electrons. The topological polar surface area (TPSA) is 127 Å². The molecule has 0 aliphatic rings. The molecule has 0 spiro atoms. The fourth-order valence-electron chi connectivity index (χ4n) is 3.07. The van der Waals surface area contributed by atoms with Gasteiger partial charge in [-0.3, -0.25) is 24.4 Å². The predicted molar refractivity (Wildman–Crippen MR) is 102 cm³/mol. The molecule has 0 saturated carbocycles. The Balaban J connectivity index is 1.90. The number of nitrogens with one attached hydrogen (secondary N) is 1. The van der Waals surface area contributed by atoms with Crippen molar-refractivity contribution in [3.63, 3.8) is 0 Å². The zero-order chi connectivity index (χ0) is 20.8. The van der Waals surface area contributed by atoms with Gasteiger partial charge in [-0.1, -0.05) is 29.8 Å². The normalized spacial score (nSPS) is 11.8. The Kier molecular flexibility index (Phi) is 6.86. The van der Waals surface area contributed by atoms with Crippen LogP contribution < -0.4 is 5.32 Å². The van der Waals surface area contributed by atoms with Crippen molar-refractivity contribution in [2.75, 3.05) is 6.54 Å². The Labute approximate surface area is 162 Å². The van der Waals surface area contributed by atoms with Gasteiger partial charge in [0.25, 0.3) is 0 Å². The van der Waals surface area contributed by atoms with Gasteiger partial charge >= 0.3 is 11.7 Å². The molecule has 1 atom stereocenters. The maximum absolute atomic E-state index is 12.1. The second-order valence-electron chi connectivity index (χ2n) is 6.78. The summed E-state index contributed by atoms with van der Waals surface area (Å²) in [4.78, 5) is 34.1. The van der Waals surface area contributed by atoms with Crippen LogP contribution in [0.2, 0.25) is 0 Å². The highest BCUT2D eigenvalue weighted by atomic mass is 16.6. The molecule has 1 heterocycles. The van der Waals surface area contributed by atoms with E-state index in [0.29, 0.717) is 17.8 Å². The van der Waals surface area contributed by atoms with Crippen LogP contribution in [0, 0.1) is 36.8 Å². The number of carboxylic acid groups (broad SMARTS) is 1. The second-order valence-corrected chi connectivity index (χ2v) is 6.78. The first kappa shape index (κ1) is 21.1. The SMILES string of the molecule is Cc1cccc(CC(CNC(=O)CCn2nc(C)c([N+](=O)[O-])c2C)C(=O)O)c1. The number of nitro groups is 1. The van der Waals surface area contributed by atoms with E-state index < -0.39 is 16.8 Å². The summed E-state index contributed by atoms with van der Waals surface area (Å²) in [5, 5.41) is 27.2. The van der Waals surface area contributed by atoms with Crippen molar-refractivity contribution < 1.29 is 19.6 Å². The number of carbonyl (C=O) groups excluding carboxylic acids is 1. The molecule has 0 fully saturated rings. The van der Waals surface area contributed by atoms with Crippen LogP contribution in [0.3, 0.4) is 0 Å². The van der Waals surface area contributed by atoms with Crippen LogP contribution in [-0.4, -0.2) is 38.2 Å². The van der Waals surface area contributed by atoms with Crippen LogP contribution in [-0.2, 0) is 22.6 Å². The number of aliphatic carboxylic acids is 1. The summed E-state index contributed by atoms with van der Waals surface area (Å²) in [7, 11) is 0. The molecule has 2 aromatic rings. The summed E-state index contributed by atoms with van der Waals surface area (Å²) in [6, 6.07) is 7.59. The third kappa shape index (κ3) is 5.38. The van der Waals surface area contributed by atoms with Gasteiger partial charge in [0, 0.05) is 13.0 Å². The average molecular weight is 388 g/mol. The highest BCUT2D eigenvalue weighted by Gasteiger charge is 2.22. The molecule has 1 unspecified atom stereocenters. The highest BCUT2D eigenvalue weighted by molar-refractivity contribution is 5.77. The molecule has 1 aromatic heterocycles. The fraction of sp³-hybridized carbons (Fsp3) is 0.421. The number of carboxylic acids is 1. The minimum absolute atomic E-state index is 0.0133. The number of nitrogens with zero attached hydrogens (tertiary/aromatic N) is 3. The van der Waals surface area contributed by atoms with Crippen LogP contribution in [0.1, 0.15) is 28.9 Å². The van der Waals surface area contributed by atoms with E-state index in [2.05, 4.69) is 10.4 Å². The summed E-state index contributed by atoms with van der Waals surface area (Å²) in [5.74, 6) is -2.04. The van der Waals surface area contributed by atoms with Crippen molar-refractivity contribution in [3.05, 3.63) is 56.9 Å². The van der Waals surface area contributed by atoms with Gasteiger partial charge in [0.2, 0.25) is 5.91 Å². The highest BCUT2D eigenvalue weighted by Crippen LogP contribution is 2.21. The van der Waals surface area contributed by atoms with E-state index in [4.69, 9.17) is 0 Å². The van der Waals surface area contributed by atoms with E-state index in [9.17, 15) is 24.8 Å². The van der Waals surface area contributed by atoms with Crippen LogP contribution in [0.15, 0.2) is 24.3 Å². The van der Waals surface area contributed by atoms with E-state index in [-0.39, 0.29) is 31.1 Å². The molecule has 150 valence electrons. The minimum Gasteiger partial charge on any atom is -0.481 e. The summed E-state index contributed by atoms with van der Waals surface area (Å²) < 4.78 is 1.43. The van der Waals surface area contributed by atoms with Gasteiger partial charge in [0.15, 0.2) is 0 Å². The number of hydrogen-bond acceptors (Lipinski definition) is 5. The number of aryl methyl sites for hydroxylation is 3. The molecule has 0 aliphatic carbocycles. The fourth-order valence-corrected chi connectivity index (χ4v) is 3.07. The van der Waals surface area contributed by atoms with Crippen molar-refractivity contribution in [2.45, 2.75) is 40.2 Å². The molecule has 1 amide bonds. The molecule has 2 rings (SSSR count). The Morgan fingerprint density at radius 2 is 2.04 bits per heavy atom. The average Bonchev–Trinajstić information content (AvgIpc) is 2.90. The van der Waals surface area contributed by atoms with E-state index in [1.807, 2.05) is 31.2 Å². The van der Waals surface area contributed by atoms with E-state index in [1.54, 1.807) is 13.8 Å². The Morgan fingerprint density at radius 1 is 1.32 bits per heavy atom. The predicted octanol–water partition coefficient (Wildman–Crippen LogP) is 2.17. The zero-order valence-electron chi connectivity index (χ0n) is 16.1. The molecule has 28 heavy (non-hydrogen) atoms. The van der Waals surface area contributed by atoms with Gasteiger partial charge in [-0.05, 0) is 32.8 Å². The minimum atomic E-state index is -0.976. The molecule has 0 aliphatic heterocycles. The molecule has 2 N–H and O–H groups in total. The lowest BCUT2D eigenvalue weighted by molar-refractivity contribution is -0.386. The second kappa shape index (κ2) is 9.12. The smallest absolute Gasteiger partial charge is 0.312 e. The quantitative estimate of drug-likeness (QED) is 0.500. The zero-order valence-corrected chi connectivity index (χ0v) is 16.1. The summed E-state index contributed by atoms with van der Waals surface area (Å²) >= 11 is 0. The lowest BCUT2D eigenvalue weighted by Gasteiger charge is -2.14. The first-order chi connectivity index (χ1) is 13.2. The first-order valence-electron chi connectivity index (χ1n) is 8.92. The maximum Gasteiger partial charge on any atom is 0.312 e. The van der Waals surface area contributed by atoms with Crippen molar-refractivity contribution in [1.82, 2.24) is 15.1 Å². The van der Waals surface area contributed by atoms with Crippen molar-refractivity contribution in [3.8, 4) is 0 Å². The Morgan fingerprint density at radius 3 is 2.61 bits per heavy atom. The molecule has 9 nitrogen and oxygen atoms in total. The lowest BCUT2D eigenvalue weighted by atomic mass is 9.98. The molecule has 0 saturated heterocycles. The van der Waals surface area contributed by atoms with Gasteiger partial charge in [-0.15, -0.1) is 0 Å². The third-order valence-corrected chi connectivity index (χ3v) is 4.54. The standard InChI is InChI=1S/C19H24N4O5/c1-12-5-4-6-15(9-12)10-16(19(25)26)11-20-17(24)7-8-22-14(3)18(23(27)28)13(2)21-22/h4-6,9,16H,7-8,10-11H2,1-3H3,(H,20,24)(H,25,26). The van der Waals surface area contributed by atoms with Gasteiger partial charge in [0.1, 0.15) is 11.4 Å². The van der Waals surface area contributed by atoms with E-state index in [0.717, 1.165) is 11.1 Å². The van der Waals surface area contributed by atoms with Gasteiger partial charge in [0.05, 0.1) is 17.4 Å². The number of hydrogen-bond donors (Lipinski definition) is 2. The largest absolute Gasteiger partial charge is 0.481 e. The Hall–Kier alpha value is -3.23. The molecule has 1 aromatic carbocycles. The number of carbonyl (C=O) groups is 2. The molecular formula is C19H24N4O5. The third-order valence-electron chi connectivity index (χ3n) is 4.54. The molecule has 9 heteroatoms. The summed E-state index contributed by atoms with van der Waals surface area (Å²) in [6.07, 6.45) is 0.372. The number of rotatable bonds is 9. The van der Waals surface area contributed by atoms with Crippen molar-refractivity contribution in [2.24, 2.45) is 5.92 Å². The van der Waals surface area contributed by atoms with Crippen LogP contribution in [0.4, 0.5) is 5.69 Å². The monoisotopic (exact) mass is 388 g/mol. The summed E-state index contributed by atoms with van der Waals surface area (Å²) in [5.41, 5.74) is 2.58. The molecule has 0 bridgehead atoms. The number of amides is 1. The van der Waals surface area contributed by atoms with Gasteiger partial charge in [-0.25, -0.2) is 0 Å². The van der Waals surface area contributed by atoms with E-state index in [1.165, 1.54) is 4.68 Å². The number of benzene rings is 1. The van der Waals surface area contributed by atoms with Gasteiger partial charge < -0.3 is 10.4 Å². The Bertz CT molecular complexity index is 890. The van der Waals surface area contributed by atoms with Gasteiger partial charge in [-0.2, -0.15) is 5.10 Å². The summed E-state index contributed by atoms with van der Waals surface area (Å²) in [6.45, 7) is 5.26. The van der Waals surface area contributed by atoms with E-state index >= 15 is 0 Å². The first-order valence-corrected chi connectivity index (χ1v) is 8.92. The van der Waals surface area contributed by atoms with Crippen LogP contribution in [0.25, 0.3) is 0 Å². The van der Waals surface area contributed by atoms with Crippen molar-refractivity contribution in [1.29, 1.82) is 0 Å². The van der Waals surface area contributed by atoms with Crippen LogP contribution >= 0.6 is 0 Å².